The van der Waals surface area contributed by atoms with Crippen LogP contribution in [0.1, 0.15) is 32.7 Å². The van der Waals surface area contributed by atoms with E-state index in [4.69, 9.17) is 21.1 Å². The zero-order chi connectivity index (χ0) is 23.4. The number of ether oxygens (including phenoxy) is 2. The fourth-order valence-electron chi connectivity index (χ4n) is 2.99. The first-order valence-electron chi connectivity index (χ1n) is 9.28. The Morgan fingerprint density at radius 1 is 1.16 bits per heavy atom. The molecule has 0 aliphatic rings. The highest BCUT2D eigenvalue weighted by molar-refractivity contribution is 6.31. The third-order valence-corrected chi connectivity index (χ3v) is 5.10. The number of rotatable bonds is 6. The fraction of sp³-hybridized carbons (Fsp3) is 0.130. The number of hydrogen-bond donors (Lipinski definition) is 1. The molecule has 0 unspecified atom stereocenters. The summed E-state index contributed by atoms with van der Waals surface area (Å²) in [6.45, 7) is 1.79. The predicted molar refractivity (Wildman–Crippen MR) is 120 cm³/mol. The Morgan fingerprint density at radius 3 is 2.47 bits per heavy atom. The molecule has 1 heterocycles. The van der Waals surface area contributed by atoms with Gasteiger partial charge in [0.15, 0.2) is 17.2 Å². The van der Waals surface area contributed by atoms with E-state index in [9.17, 15) is 20.0 Å². The predicted octanol–water partition coefficient (Wildman–Crippen LogP) is 3.95. The quantitative estimate of drug-likeness (QED) is 0.603. The van der Waals surface area contributed by atoms with Crippen LogP contribution < -0.4 is 15.0 Å². The lowest BCUT2D eigenvalue weighted by molar-refractivity contribution is 0.0688. The van der Waals surface area contributed by atoms with Crippen molar-refractivity contribution in [3.8, 4) is 23.3 Å². The molecule has 3 rings (SSSR count). The summed E-state index contributed by atoms with van der Waals surface area (Å²) in [5.41, 5.74) is -0.00618. The second-order valence-electron chi connectivity index (χ2n) is 6.65. The molecular weight excluding hydrogens is 434 g/mol. The van der Waals surface area contributed by atoms with Gasteiger partial charge in [-0.1, -0.05) is 35.9 Å². The van der Waals surface area contributed by atoms with Gasteiger partial charge in [-0.05, 0) is 42.3 Å². The number of methoxy groups -OCH3 is 2. The average Bonchev–Trinajstić information content (AvgIpc) is 2.79. The van der Waals surface area contributed by atoms with Crippen LogP contribution in [0.4, 0.5) is 0 Å². The number of aromatic carboxylic acids is 1. The minimum Gasteiger partial charge on any atom is -0.493 e. The summed E-state index contributed by atoms with van der Waals surface area (Å²) in [7, 11) is 3.00. The van der Waals surface area contributed by atoms with Crippen molar-refractivity contribution in [3.63, 3.8) is 0 Å². The number of carboxylic acid groups (broad SMARTS) is 1. The summed E-state index contributed by atoms with van der Waals surface area (Å²) in [4.78, 5) is 24.9. The maximum absolute atomic E-state index is 13.0. The summed E-state index contributed by atoms with van der Waals surface area (Å²) in [6, 6.07) is 11.6. The molecule has 1 aromatic heterocycles. The zero-order valence-electron chi connectivity index (χ0n) is 17.4. The number of aryl methyl sites for hydroxylation is 1. The van der Waals surface area contributed by atoms with Crippen LogP contribution in [-0.4, -0.2) is 35.1 Å². The SMILES string of the molecule is COc1ccc(/C=C\c2c(C(=O)O)nn(-c3ccc(C)c(Cl)c3)c(=O)c2C#N)cc1OC. The highest BCUT2D eigenvalue weighted by Crippen LogP contribution is 2.28. The smallest absolute Gasteiger partial charge is 0.357 e. The van der Waals surface area contributed by atoms with E-state index in [-0.39, 0.29) is 16.8 Å². The largest absolute Gasteiger partial charge is 0.493 e. The lowest BCUT2D eigenvalue weighted by Crippen LogP contribution is -2.28. The number of halogens is 1. The van der Waals surface area contributed by atoms with E-state index in [2.05, 4.69) is 5.10 Å². The maximum atomic E-state index is 13.0. The standard InChI is InChI=1S/C23H18ClN3O5/c1-13-4-7-15(11-18(13)24)27-22(28)17(12-25)16(21(26-27)23(29)30)8-5-14-6-9-19(31-2)20(10-14)32-3/h4-11H,1-3H3,(H,29,30)/b8-5-. The molecule has 32 heavy (non-hydrogen) atoms. The second kappa shape index (κ2) is 9.37. The summed E-state index contributed by atoms with van der Waals surface area (Å²) >= 11 is 6.13. The van der Waals surface area contributed by atoms with Gasteiger partial charge >= 0.3 is 5.97 Å². The molecule has 0 amide bonds. The molecule has 0 fully saturated rings. The first kappa shape index (κ1) is 22.6. The third kappa shape index (κ3) is 4.33. The van der Waals surface area contributed by atoms with Gasteiger partial charge in [0.25, 0.3) is 5.56 Å². The molecule has 0 radical (unpaired) electrons. The van der Waals surface area contributed by atoms with E-state index in [1.54, 1.807) is 49.4 Å². The van der Waals surface area contributed by atoms with Crippen LogP contribution in [0.15, 0.2) is 41.2 Å². The van der Waals surface area contributed by atoms with Crippen LogP contribution in [-0.2, 0) is 0 Å². The number of benzene rings is 2. The third-order valence-electron chi connectivity index (χ3n) is 4.70. The number of hydrogen-bond acceptors (Lipinski definition) is 6. The molecule has 3 aromatic rings. The Morgan fingerprint density at radius 2 is 1.88 bits per heavy atom. The lowest BCUT2D eigenvalue weighted by atomic mass is 10.1. The molecule has 0 aliphatic heterocycles. The first-order chi connectivity index (χ1) is 15.3. The van der Waals surface area contributed by atoms with E-state index in [1.807, 2.05) is 0 Å². The molecule has 1 N–H and O–H groups in total. The average molecular weight is 452 g/mol. The van der Waals surface area contributed by atoms with Crippen molar-refractivity contribution in [2.45, 2.75) is 6.92 Å². The summed E-state index contributed by atoms with van der Waals surface area (Å²) in [5, 5.41) is 23.7. The van der Waals surface area contributed by atoms with Gasteiger partial charge in [0, 0.05) is 10.6 Å². The van der Waals surface area contributed by atoms with Crippen LogP contribution in [0.25, 0.3) is 17.8 Å². The Balaban J connectivity index is 2.18. The molecule has 0 spiro atoms. The molecule has 162 valence electrons. The number of aromatic nitrogens is 2. The van der Waals surface area contributed by atoms with Gasteiger partial charge in [0.05, 0.1) is 19.9 Å². The van der Waals surface area contributed by atoms with Gasteiger partial charge in [-0.25, -0.2) is 4.79 Å². The molecule has 0 saturated heterocycles. The maximum Gasteiger partial charge on any atom is 0.357 e. The fourth-order valence-corrected chi connectivity index (χ4v) is 3.17. The van der Waals surface area contributed by atoms with Gasteiger partial charge < -0.3 is 14.6 Å². The van der Waals surface area contributed by atoms with Crippen LogP contribution in [0, 0.1) is 18.3 Å². The molecular formula is C23H18ClN3O5. The van der Waals surface area contributed by atoms with E-state index in [1.165, 1.54) is 26.4 Å². The molecule has 2 aromatic carbocycles. The van der Waals surface area contributed by atoms with Crippen LogP contribution >= 0.6 is 11.6 Å². The van der Waals surface area contributed by atoms with Crippen molar-refractivity contribution >= 4 is 29.7 Å². The Kier molecular flexibility index (Phi) is 6.61. The van der Waals surface area contributed by atoms with Crippen LogP contribution in [0.5, 0.6) is 11.5 Å². The first-order valence-corrected chi connectivity index (χ1v) is 9.65. The van der Waals surface area contributed by atoms with Crippen molar-refractivity contribution in [2.24, 2.45) is 0 Å². The summed E-state index contributed by atoms with van der Waals surface area (Å²) < 4.78 is 11.3. The van der Waals surface area contributed by atoms with Gasteiger partial charge in [-0.3, -0.25) is 4.79 Å². The molecule has 0 atom stereocenters. The minimum atomic E-state index is -1.39. The van der Waals surface area contributed by atoms with Gasteiger partial charge in [0.1, 0.15) is 11.6 Å². The van der Waals surface area contributed by atoms with Crippen molar-refractivity contribution in [1.82, 2.24) is 9.78 Å². The van der Waals surface area contributed by atoms with E-state index in [0.717, 1.165) is 10.2 Å². The Labute approximate surface area is 188 Å². The van der Waals surface area contributed by atoms with Crippen molar-refractivity contribution in [2.75, 3.05) is 14.2 Å². The monoisotopic (exact) mass is 451 g/mol. The summed E-state index contributed by atoms with van der Waals surface area (Å²) in [6.07, 6.45) is 2.92. The van der Waals surface area contributed by atoms with Crippen LogP contribution in [0.2, 0.25) is 5.02 Å². The van der Waals surface area contributed by atoms with Gasteiger partial charge in [-0.15, -0.1) is 0 Å². The molecule has 0 saturated carbocycles. The minimum absolute atomic E-state index is 0.103. The number of carbonyl (C=O) groups is 1. The zero-order valence-corrected chi connectivity index (χ0v) is 18.2. The number of nitrogens with zero attached hydrogens (tertiary/aromatic N) is 3. The molecule has 0 aliphatic carbocycles. The van der Waals surface area contributed by atoms with E-state index < -0.39 is 17.2 Å². The van der Waals surface area contributed by atoms with Gasteiger partial charge in [0.2, 0.25) is 0 Å². The lowest BCUT2D eigenvalue weighted by Gasteiger charge is -2.11. The van der Waals surface area contributed by atoms with Crippen molar-refractivity contribution < 1.29 is 19.4 Å². The number of nitriles is 1. The summed E-state index contributed by atoms with van der Waals surface area (Å²) in [5.74, 6) is -0.395. The van der Waals surface area contributed by atoms with E-state index in [0.29, 0.717) is 22.1 Å². The molecule has 8 nitrogen and oxygen atoms in total. The van der Waals surface area contributed by atoms with Crippen LogP contribution in [0.3, 0.4) is 0 Å². The highest BCUT2D eigenvalue weighted by atomic mass is 35.5. The Bertz CT molecular complexity index is 1340. The molecule has 9 heteroatoms. The highest BCUT2D eigenvalue weighted by Gasteiger charge is 2.21. The van der Waals surface area contributed by atoms with Gasteiger partial charge in [-0.2, -0.15) is 15.0 Å². The van der Waals surface area contributed by atoms with E-state index >= 15 is 0 Å². The second-order valence-corrected chi connectivity index (χ2v) is 7.06. The topological polar surface area (TPSA) is 114 Å². The van der Waals surface area contributed by atoms with Crippen molar-refractivity contribution in [1.29, 1.82) is 5.26 Å². The molecule has 0 bridgehead atoms. The van der Waals surface area contributed by atoms with Crippen molar-refractivity contribution in [3.05, 3.63) is 79.7 Å². The normalized spacial score (nSPS) is 10.7. The Hall–Kier alpha value is -4.09. The number of carboxylic acids is 1.